The fourth-order valence-electron chi connectivity index (χ4n) is 2.83. The largest absolute Gasteiger partial charge is 0.396 e. The van der Waals surface area contributed by atoms with Gasteiger partial charge in [0.25, 0.3) is 5.91 Å². The van der Waals surface area contributed by atoms with Crippen LogP contribution >= 0.6 is 0 Å². The minimum atomic E-state index is 0.0364. The summed E-state index contributed by atoms with van der Waals surface area (Å²) in [6.45, 7) is 2.28. The van der Waals surface area contributed by atoms with Gasteiger partial charge in [0, 0.05) is 18.2 Å². The zero-order valence-corrected chi connectivity index (χ0v) is 11.6. The van der Waals surface area contributed by atoms with Gasteiger partial charge in [-0.25, -0.2) is 0 Å². The molecule has 1 fully saturated rings. The fraction of sp³-hybridized carbons (Fsp3) is 0.562. The summed E-state index contributed by atoms with van der Waals surface area (Å²) in [4.78, 5) is 12.1. The van der Waals surface area contributed by atoms with Crippen molar-refractivity contribution in [3.05, 3.63) is 35.4 Å². The van der Waals surface area contributed by atoms with E-state index >= 15 is 0 Å². The minimum Gasteiger partial charge on any atom is -0.396 e. The van der Waals surface area contributed by atoms with Crippen LogP contribution in [0.5, 0.6) is 0 Å². The van der Waals surface area contributed by atoms with Gasteiger partial charge in [-0.05, 0) is 57.1 Å². The lowest BCUT2D eigenvalue weighted by atomic mass is 9.84. The van der Waals surface area contributed by atoms with Crippen molar-refractivity contribution >= 4 is 5.91 Å². The van der Waals surface area contributed by atoms with E-state index < -0.39 is 0 Å². The van der Waals surface area contributed by atoms with Crippen LogP contribution < -0.4 is 5.32 Å². The number of hydrogen-bond donors (Lipinski definition) is 2. The Morgan fingerprint density at radius 1 is 1.32 bits per heavy atom. The number of aryl methyl sites for hydroxylation is 1. The van der Waals surface area contributed by atoms with Crippen LogP contribution in [0.25, 0.3) is 0 Å². The third kappa shape index (κ3) is 4.06. The molecule has 0 aromatic heterocycles. The second kappa shape index (κ2) is 6.71. The molecule has 0 aliphatic heterocycles. The molecule has 0 saturated heterocycles. The maximum Gasteiger partial charge on any atom is 0.251 e. The summed E-state index contributed by atoms with van der Waals surface area (Å²) >= 11 is 0. The molecular weight excluding hydrogens is 238 g/mol. The van der Waals surface area contributed by atoms with Crippen LogP contribution in [0.15, 0.2) is 24.3 Å². The second-order valence-electron chi connectivity index (χ2n) is 5.57. The predicted molar refractivity (Wildman–Crippen MR) is 76.1 cm³/mol. The highest BCUT2D eigenvalue weighted by Crippen LogP contribution is 2.26. The Bertz CT molecular complexity index is 423. The summed E-state index contributed by atoms with van der Waals surface area (Å²) in [6, 6.07) is 7.99. The first-order valence-electron chi connectivity index (χ1n) is 7.17. The number of benzene rings is 1. The number of hydrogen-bond acceptors (Lipinski definition) is 2. The van der Waals surface area contributed by atoms with Crippen LogP contribution in [0.2, 0.25) is 0 Å². The highest BCUT2D eigenvalue weighted by Gasteiger charge is 2.22. The van der Waals surface area contributed by atoms with Crippen molar-refractivity contribution in [2.24, 2.45) is 5.92 Å². The smallest absolute Gasteiger partial charge is 0.251 e. The molecule has 1 saturated carbocycles. The van der Waals surface area contributed by atoms with Crippen molar-refractivity contribution in [3.8, 4) is 0 Å². The van der Waals surface area contributed by atoms with Crippen molar-refractivity contribution in [3.63, 3.8) is 0 Å². The SMILES string of the molecule is Cc1cccc(C(=O)NC2CCC(CCO)CC2)c1. The third-order valence-corrected chi connectivity index (χ3v) is 4.00. The summed E-state index contributed by atoms with van der Waals surface area (Å²) in [5.74, 6) is 0.673. The Morgan fingerprint density at radius 3 is 2.68 bits per heavy atom. The monoisotopic (exact) mass is 261 g/mol. The molecule has 1 amide bonds. The maximum atomic E-state index is 12.1. The van der Waals surface area contributed by atoms with Crippen molar-refractivity contribution in [2.45, 2.75) is 45.1 Å². The summed E-state index contributed by atoms with van der Waals surface area (Å²) in [5.41, 5.74) is 1.86. The van der Waals surface area contributed by atoms with Gasteiger partial charge in [0.15, 0.2) is 0 Å². The normalized spacial score (nSPS) is 23.1. The average molecular weight is 261 g/mol. The molecule has 19 heavy (non-hydrogen) atoms. The zero-order valence-electron chi connectivity index (χ0n) is 11.6. The van der Waals surface area contributed by atoms with Gasteiger partial charge in [-0.2, -0.15) is 0 Å². The Morgan fingerprint density at radius 2 is 2.05 bits per heavy atom. The molecule has 1 aromatic rings. The molecule has 104 valence electrons. The minimum absolute atomic E-state index is 0.0364. The van der Waals surface area contributed by atoms with Gasteiger partial charge in [-0.1, -0.05) is 17.7 Å². The number of amides is 1. The summed E-state index contributed by atoms with van der Waals surface area (Å²) in [6.07, 6.45) is 5.18. The molecule has 0 bridgehead atoms. The van der Waals surface area contributed by atoms with Crippen LogP contribution in [0.4, 0.5) is 0 Å². The fourth-order valence-corrected chi connectivity index (χ4v) is 2.83. The number of aliphatic hydroxyl groups is 1. The molecule has 1 aromatic carbocycles. The third-order valence-electron chi connectivity index (χ3n) is 4.00. The molecule has 0 heterocycles. The van der Waals surface area contributed by atoms with Crippen LogP contribution in [-0.2, 0) is 0 Å². The zero-order chi connectivity index (χ0) is 13.7. The highest BCUT2D eigenvalue weighted by atomic mass is 16.3. The van der Waals surface area contributed by atoms with Gasteiger partial charge < -0.3 is 10.4 Å². The lowest BCUT2D eigenvalue weighted by Gasteiger charge is -2.28. The summed E-state index contributed by atoms with van der Waals surface area (Å²) in [7, 11) is 0. The highest BCUT2D eigenvalue weighted by molar-refractivity contribution is 5.94. The molecule has 2 rings (SSSR count). The van der Waals surface area contributed by atoms with E-state index in [0.29, 0.717) is 12.0 Å². The second-order valence-corrected chi connectivity index (χ2v) is 5.57. The molecule has 2 N–H and O–H groups in total. The van der Waals surface area contributed by atoms with E-state index in [4.69, 9.17) is 5.11 Å². The maximum absolute atomic E-state index is 12.1. The Kier molecular flexibility index (Phi) is 4.97. The van der Waals surface area contributed by atoms with Gasteiger partial charge in [0.05, 0.1) is 0 Å². The van der Waals surface area contributed by atoms with Crippen molar-refractivity contribution in [2.75, 3.05) is 6.61 Å². The molecule has 0 unspecified atom stereocenters. The quantitative estimate of drug-likeness (QED) is 0.875. The van der Waals surface area contributed by atoms with Crippen molar-refractivity contribution < 1.29 is 9.90 Å². The molecule has 0 spiro atoms. The molecular formula is C16H23NO2. The van der Waals surface area contributed by atoms with E-state index in [-0.39, 0.29) is 12.5 Å². The van der Waals surface area contributed by atoms with Crippen molar-refractivity contribution in [1.29, 1.82) is 0 Å². The van der Waals surface area contributed by atoms with E-state index in [9.17, 15) is 4.79 Å². The standard InChI is InChI=1S/C16H23NO2/c1-12-3-2-4-14(11-12)16(19)17-15-7-5-13(6-8-15)9-10-18/h2-4,11,13,15,18H,5-10H2,1H3,(H,17,19). The van der Waals surface area contributed by atoms with Crippen LogP contribution in [0, 0.1) is 12.8 Å². The van der Waals surface area contributed by atoms with Gasteiger partial charge in [-0.3, -0.25) is 4.79 Å². The van der Waals surface area contributed by atoms with Crippen LogP contribution in [-0.4, -0.2) is 23.7 Å². The van der Waals surface area contributed by atoms with E-state index in [1.165, 1.54) is 0 Å². The van der Waals surface area contributed by atoms with Gasteiger partial charge in [0.1, 0.15) is 0 Å². The topological polar surface area (TPSA) is 49.3 Å². The Labute approximate surface area is 115 Å². The lowest BCUT2D eigenvalue weighted by molar-refractivity contribution is 0.0918. The summed E-state index contributed by atoms with van der Waals surface area (Å²) in [5, 5.41) is 12.1. The van der Waals surface area contributed by atoms with Crippen molar-refractivity contribution in [1.82, 2.24) is 5.32 Å². The molecule has 1 aliphatic carbocycles. The number of nitrogens with one attached hydrogen (secondary N) is 1. The first kappa shape index (κ1) is 14.1. The molecule has 1 aliphatic rings. The van der Waals surface area contributed by atoms with E-state index in [1.807, 2.05) is 31.2 Å². The number of rotatable bonds is 4. The van der Waals surface area contributed by atoms with E-state index in [2.05, 4.69) is 5.32 Å². The first-order chi connectivity index (χ1) is 9.19. The van der Waals surface area contributed by atoms with E-state index in [0.717, 1.165) is 43.2 Å². The summed E-state index contributed by atoms with van der Waals surface area (Å²) < 4.78 is 0. The Balaban J connectivity index is 1.84. The van der Waals surface area contributed by atoms with Crippen LogP contribution in [0.1, 0.15) is 48.0 Å². The predicted octanol–water partition coefficient (Wildman–Crippen LogP) is 2.67. The number of carbonyl (C=O) groups excluding carboxylic acids is 1. The Hall–Kier alpha value is -1.35. The number of aliphatic hydroxyl groups excluding tert-OH is 1. The van der Waals surface area contributed by atoms with Gasteiger partial charge in [0.2, 0.25) is 0 Å². The molecule has 3 heteroatoms. The molecule has 3 nitrogen and oxygen atoms in total. The number of carbonyl (C=O) groups is 1. The van der Waals surface area contributed by atoms with Crippen LogP contribution in [0.3, 0.4) is 0 Å². The van der Waals surface area contributed by atoms with E-state index in [1.54, 1.807) is 0 Å². The van der Waals surface area contributed by atoms with Gasteiger partial charge in [-0.15, -0.1) is 0 Å². The van der Waals surface area contributed by atoms with Gasteiger partial charge >= 0.3 is 0 Å². The average Bonchev–Trinajstić information content (AvgIpc) is 2.41. The lowest BCUT2D eigenvalue weighted by Crippen LogP contribution is -2.37. The molecule has 0 atom stereocenters. The molecule has 0 radical (unpaired) electrons. The first-order valence-corrected chi connectivity index (χ1v) is 7.17.